The molecule has 6 nitrogen and oxygen atoms in total. The number of carbonyl (C=O) groups excluding carboxylic acids is 1. The Morgan fingerprint density at radius 1 is 1.63 bits per heavy atom. The Balaban J connectivity index is 2.26. The van der Waals surface area contributed by atoms with Crippen LogP contribution in [0.5, 0.6) is 0 Å². The summed E-state index contributed by atoms with van der Waals surface area (Å²) in [5.41, 5.74) is -0.316. The molecule has 0 aliphatic rings. The number of nitrogens with zero attached hydrogens (tertiary/aromatic N) is 3. The van der Waals surface area contributed by atoms with Crippen molar-refractivity contribution in [3.05, 3.63) is 33.7 Å². The molecule has 1 atom stereocenters. The molecule has 102 valence electrons. The fourth-order valence-corrected chi connectivity index (χ4v) is 2.33. The van der Waals surface area contributed by atoms with E-state index in [0.717, 1.165) is 0 Å². The van der Waals surface area contributed by atoms with Gasteiger partial charge in [0.25, 0.3) is 11.5 Å². The van der Waals surface area contributed by atoms with Crippen LogP contribution in [0.1, 0.15) is 23.7 Å². The molecule has 19 heavy (non-hydrogen) atoms. The van der Waals surface area contributed by atoms with Gasteiger partial charge in [-0.1, -0.05) is 0 Å². The average Bonchev–Trinajstić information content (AvgIpc) is 2.84. The van der Waals surface area contributed by atoms with E-state index in [2.05, 4.69) is 4.98 Å². The number of thiazole rings is 1. The molecule has 7 heteroatoms. The quantitative estimate of drug-likeness (QED) is 0.890. The van der Waals surface area contributed by atoms with Gasteiger partial charge in [-0.2, -0.15) is 0 Å². The number of amides is 1. The molecule has 0 saturated heterocycles. The molecule has 2 aromatic rings. The molecule has 1 amide bonds. The van der Waals surface area contributed by atoms with Crippen molar-refractivity contribution in [3.63, 3.8) is 0 Å². The summed E-state index contributed by atoms with van der Waals surface area (Å²) in [4.78, 5) is 30.3. The summed E-state index contributed by atoms with van der Waals surface area (Å²) in [7, 11) is 1.60. The molecule has 1 N–H and O–H groups in total. The summed E-state index contributed by atoms with van der Waals surface area (Å²) in [5.74, 6) is -0.376. The fourth-order valence-electron chi connectivity index (χ4n) is 1.66. The first-order valence-corrected chi connectivity index (χ1v) is 6.77. The normalized spacial score (nSPS) is 12.6. The maximum absolute atomic E-state index is 12.1. The number of aliphatic hydroxyl groups excluding tert-OH is 1. The molecule has 2 heterocycles. The molecule has 0 bridgehead atoms. The predicted octanol–water partition coefficient (Wildman–Crippen LogP) is 0.599. The van der Waals surface area contributed by atoms with E-state index in [4.69, 9.17) is 0 Å². The second-order valence-electron chi connectivity index (χ2n) is 4.40. The third-order valence-electron chi connectivity index (χ3n) is 2.80. The second-order valence-corrected chi connectivity index (χ2v) is 5.27. The SMILES string of the molecule is CC(O)CCN(C)C(=O)c1cnc2sccn2c1=O. The van der Waals surface area contributed by atoms with Gasteiger partial charge in [-0.3, -0.25) is 14.0 Å². The van der Waals surface area contributed by atoms with E-state index < -0.39 is 6.10 Å². The van der Waals surface area contributed by atoms with Crippen LogP contribution in [-0.2, 0) is 0 Å². The zero-order valence-corrected chi connectivity index (χ0v) is 11.6. The van der Waals surface area contributed by atoms with Crippen molar-refractivity contribution in [2.45, 2.75) is 19.4 Å². The van der Waals surface area contributed by atoms with Gasteiger partial charge in [0.2, 0.25) is 0 Å². The Hall–Kier alpha value is -1.73. The van der Waals surface area contributed by atoms with Crippen molar-refractivity contribution in [3.8, 4) is 0 Å². The molecule has 0 aliphatic heterocycles. The number of hydrogen-bond acceptors (Lipinski definition) is 5. The topological polar surface area (TPSA) is 74.9 Å². The van der Waals surface area contributed by atoms with Gasteiger partial charge in [-0.25, -0.2) is 4.98 Å². The van der Waals surface area contributed by atoms with E-state index in [9.17, 15) is 14.7 Å². The third kappa shape index (κ3) is 2.82. The Kier molecular flexibility index (Phi) is 3.96. The van der Waals surface area contributed by atoms with Crippen LogP contribution >= 0.6 is 11.3 Å². The van der Waals surface area contributed by atoms with Crippen LogP contribution in [-0.4, -0.2) is 45.0 Å². The van der Waals surface area contributed by atoms with Gasteiger partial charge in [0.05, 0.1) is 6.10 Å². The highest BCUT2D eigenvalue weighted by Crippen LogP contribution is 2.07. The standard InChI is InChI=1S/C12H15N3O3S/c1-8(16)3-4-14(2)10(17)9-7-13-12-15(11(9)18)5-6-19-12/h5-8,16H,3-4H2,1-2H3. The first-order chi connectivity index (χ1) is 9.00. The number of aromatic nitrogens is 2. The molecule has 0 radical (unpaired) electrons. The van der Waals surface area contributed by atoms with Crippen molar-refractivity contribution < 1.29 is 9.90 Å². The predicted molar refractivity (Wildman–Crippen MR) is 72.6 cm³/mol. The van der Waals surface area contributed by atoms with Crippen LogP contribution in [0.15, 0.2) is 22.6 Å². The summed E-state index contributed by atoms with van der Waals surface area (Å²) >= 11 is 1.34. The Bertz CT molecular complexity index is 647. The number of aliphatic hydroxyl groups is 1. The molecule has 0 aliphatic carbocycles. The number of hydrogen-bond donors (Lipinski definition) is 1. The largest absolute Gasteiger partial charge is 0.393 e. The number of rotatable bonds is 4. The van der Waals surface area contributed by atoms with Gasteiger partial charge >= 0.3 is 0 Å². The lowest BCUT2D eigenvalue weighted by atomic mass is 10.2. The zero-order valence-electron chi connectivity index (χ0n) is 10.7. The smallest absolute Gasteiger partial charge is 0.271 e. The average molecular weight is 281 g/mol. The van der Waals surface area contributed by atoms with Crippen LogP contribution in [0, 0.1) is 0 Å². The van der Waals surface area contributed by atoms with Crippen LogP contribution in [0.3, 0.4) is 0 Å². The van der Waals surface area contributed by atoms with Gasteiger partial charge in [0, 0.05) is 31.4 Å². The van der Waals surface area contributed by atoms with Crippen molar-refractivity contribution >= 4 is 22.2 Å². The highest BCUT2D eigenvalue weighted by atomic mass is 32.1. The Labute approximate surface area is 113 Å². The van der Waals surface area contributed by atoms with Crippen LogP contribution in [0.25, 0.3) is 4.96 Å². The summed E-state index contributed by atoms with van der Waals surface area (Å²) < 4.78 is 1.36. The van der Waals surface area contributed by atoms with Crippen molar-refractivity contribution in [2.24, 2.45) is 0 Å². The summed E-state index contributed by atoms with van der Waals surface area (Å²) in [6.07, 6.45) is 2.91. The first kappa shape index (κ1) is 13.7. The summed E-state index contributed by atoms with van der Waals surface area (Å²) in [6.45, 7) is 2.05. The Morgan fingerprint density at radius 2 is 2.37 bits per heavy atom. The molecule has 0 saturated carbocycles. The van der Waals surface area contributed by atoms with E-state index in [-0.39, 0.29) is 17.0 Å². The highest BCUT2D eigenvalue weighted by Gasteiger charge is 2.17. The third-order valence-corrected chi connectivity index (χ3v) is 3.57. The minimum atomic E-state index is -0.478. The van der Waals surface area contributed by atoms with Crippen LogP contribution < -0.4 is 5.56 Å². The number of fused-ring (bicyclic) bond motifs is 1. The molecule has 1 unspecified atom stereocenters. The van der Waals surface area contributed by atoms with Crippen molar-refractivity contribution in [1.29, 1.82) is 0 Å². The molecule has 0 fully saturated rings. The van der Waals surface area contributed by atoms with E-state index in [1.54, 1.807) is 25.5 Å². The summed E-state index contributed by atoms with van der Waals surface area (Å²) in [6, 6.07) is 0. The van der Waals surface area contributed by atoms with Crippen LogP contribution in [0.2, 0.25) is 0 Å². The molecule has 2 aromatic heterocycles. The highest BCUT2D eigenvalue weighted by molar-refractivity contribution is 7.15. The molecular formula is C12H15N3O3S. The second kappa shape index (κ2) is 5.50. The lowest BCUT2D eigenvalue weighted by Gasteiger charge is -2.17. The van der Waals surface area contributed by atoms with Crippen LogP contribution in [0.4, 0.5) is 0 Å². The van der Waals surface area contributed by atoms with Gasteiger partial charge in [-0.15, -0.1) is 11.3 Å². The van der Waals surface area contributed by atoms with E-state index in [1.165, 1.54) is 26.8 Å². The van der Waals surface area contributed by atoms with Crippen molar-refractivity contribution in [2.75, 3.05) is 13.6 Å². The Morgan fingerprint density at radius 3 is 3.05 bits per heavy atom. The minimum Gasteiger partial charge on any atom is -0.393 e. The monoisotopic (exact) mass is 281 g/mol. The lowest BCUT2D eigenvalue weighted by molar-refractivity contribution is 0.0766. The van der Waals surface area contributed by atoms with E-state index in [1.807, 2.05) is 0 Å². The maximum atomic E-state index is 12.1. The lowest BCUT2D eigenvalue weighted by Crippen LogP contribution is -2.34. The minimum absolute atomic E-state index is 0.0454. The van der Waals surface area contributed by atoms with Gasteiger partial charge in [0.15, 0.2) is 4.96 Å². The van der Waals surface area contributed by atoms with E-state index >= 15 is 0 Å². The maximum Gasteiger partial charge on any atom is 0.271 e. The fraction of sp³-hybridized carbons (Fsp3) is 0.417. The van der Waals surface area contributed by atoms with Crippen molar-refractivity contribution in [1.82, 2.24) is 14.3 Å². The summed E-state index contributed by atoms with van der Waals surface area (Å²) in [5, 5.41) is 11.0. The van der Waals surface area contributed by atoms with Gasteiger partial charge in [0.1, 0.15) is 5.56 Å². The molecule has 0 spiro atoms. The van der Waals surface area contributed by atoms with E-state index in [0.29, 0.717) is 17.9 Å². The molecule has 0 aromatic carbocycles. The molecule has 2 rings (SSSR count). The number of carbonyl (C=O) groups is 1. The molecular weight excluding hydrogens is 266 g/mol. The zero-order chi connectivity index (χ0) is 14.0. The van der Waals surface area contributed by atoms with Gasteiger partial charge in [-0.05, 0) is 13.3 Å². The first-order valence-electron chi connectivity index (χ1n) is 5.89. The van der Waals surface area contributed by atoms with Gasteiger partial charge < -0.3 is 10.0 Å².